The molecule has 0 saturated heterocycles. The quantitative estimate of drug-likeness (QED) is 0.792. The predicted octanol–water partition coefficient (Wildman–Crippen LogP) is 3.88. The lowest BCUT2D eigenvalue weighted by Crippen LogP contribution is -2.22. The van der Waals surface area contributed by atoms with Crippen LogP contribution in [-0.2, 0) is 12.3 Å². The maximum atomic E-state index is 13.8. The fourth-order valence-electron chi connectivity index (χ4n) is 2.10. The molecule has 0 aliphatic rings. The van der Waals surface area contributed by atoms with E-state index in [4.69, 9.17) is 15.2 Å². The number of ether oxygens (including phenoxy) is 2. The highest BCUT2D eigenvalue weighted by atomic mass is 19.3. The molecule has 2 N–H and O–H groups in total. The average molecular weight is 301 g/mol. The molecule has 1 aromatic carbocycles. The molecule has 0 spiro atoms. The Hall–Kier alpha value is -1.36. The van der Waals surface area contributed by atoms with Gasteiger partial charge in [-0.15, -0.1) is 0 Å². The Kier molecular flexibility index (Phi) is 6.40. The predicted molar refractivity (Wildman–Crippen MR) is 80.3 cm³/mol. The number of benzene rings is 1. The van der Waals surface area contributed by atoms with E-state index in [1.54, 1.807) is 13.0 Å². The van der Waals surface area contributed by atoms with Crippen molar-refractivity contribution >= 4 is 0 Å². The van der Waals surface area contributed by atoms with Crippen molar-refractivity contribution in [1.29, 1.82) is 0 Å². The van der Waals surface area contributed by atoms with Crippen LogP contribution in [0.3, 0.4) is 0 Å². The molecule has 1 rings (SSSR count). The van der Waals surface area contributed by atoms with E-state index in [2.05, 4.69) is 0 Å². The summed E-state index contributed by atoms with van der Waals surface area (Å²) >= 11 is 0. The van der Waals surface area contributed by atoms with Crippen molar-refractivity contribution in [2.24, 2.45) is 5.73 Å². The summed E-state index contributed by atoms with van der Waals surface area (Å²) in [5.74, 6) is -2.32. The number of rotatable bonds is 8. The van der Waals surface area contributed by atoms with Crippen LogP contribution in [0, 0.1) is 0 Å². The van der Waals surface area contributed by atoms with Crippen LogP contribution in [0.15, 0.2) is 12.1 Å². The first-order chi connectivity index (χ1) is 9.83. The Labute approximate surface area is 125 Å². The SMILES string of the molecule is CCOc1cc(C(C)(F)F)c(OCC)cc1CC(N)CC. The normalized spacial score (nSPS) is 13.1. The minimum Gasteiger partial charge on any atom is -0.494 e. The summed E-state index contributed by atoms with van der Waals surface area (Å²) in [5, 5.41) is 0. The van der Waals surface area contributed by atoms with Crippen LogP contribution in [0.5, 0.6) is 11.5 Å². The van der Waals surface area contributed by atoms with E-state index >= 15 is 0 Å². The number of hydrogen-bond acceptors (Lipinski definition) is 3. The van der Waals surface area contributed by atoms with Crippen molar-refractivity contribution in [1.82, 2.24) is 0 Å². The highest BCUT2D eigenvalue weighted by molar-refractivity contribution is 5.48. The zero-order valence-electron chi connectivity index (χ0n) is 13.2. The van der Waals surface area contributed by atoms with Crippen molar-refractivity contribution in [2.75, 3.05) is 13.2 Å². The number of halogens is 2. The third-order valence-corrected chi connectivity index (χ3v) is 3.24. The Bertz CT molecular complexity index is 458. The lowest BCUT2D eigenvalue weighted by atomic mass is 9.99. The summed E-state index contributed by atoms with van der Waals surface area (Å²) in [6.07, 6.45) is 1.38. The van der Waals surface area contributed by atoms with Crippen LogP contribution < -0.4 is 15.2 Å². The second-order valence-corrected chi connectivity index (χ2v) is 5.08. The smallest absolute Gasteiger partial charge is 0.274 e. The first kappa shape index (κ1) is 17.7. The second kappa shape index (κ2) is 7.59. The number of nitrogens with two attached hydrogens (primary N) is 1. The monoisotopic (exact) mass is 301 g/mol. The number of hydrogen-bond donors (Lipinski definition) is 1. The van der Waals surface area contributed by atoms with Crippen molar-refractivity contribution in [3.8, 4) is 11.5 Å². The minimum atomic E-state index is -2.98. The highest BCUT2D eigenvalue weighted by Gasteiger charge is 2.30. The van der Waals surface area contributed by atoms with E-state index in [0.29, 0.717) is 25.4 Å². The van der Waals surface area contributed by atoms with Gasteiger partial charge >= 0.3 is 0 Å². The maximum absolute atomic E-state index is 13.8. The van der Waals surface area contributed by atoms with Gasteiger partial charge in [0.25, 0.3) is 5.92 Å². The average Bonchev–Trinajstić information content (AvgIpc) is 2.40. The number of alkyl halides is 2. The van der Waals surface area contributed by atoms with Gasteiger partial charge in [0.15, 0.2) is 0 Å². The Balaban J connectivity index is 3.31. The van der Waals surface area contributed by atoms with Crippen molar-refractivity contribution < 1.29 is 18.3 Å². The molecule has 120 valence electrons. The third-order valence-electron chi connectivity index (χ3n) is 3.24. The van der Waals surface area contributed by atoms with Gasteiger partial charge in [-0.05, 0) is 44.4 Å². The Morgan fingerprint density at radius 3 is 2.14 bits per heavy atom. The minimum absolute atomic E-state index is 0.0355. The Morgan fingerprint density at radius 2 is 1.67 bits per heavy atom. The molecule has 0 fully saturated rings. The molecule has 0 heterocycles. The highest BCUT2D eigenvalue weighted by Crippen LogP contribution is 2.39. The molecule has 0 bridgehead atoms. The fourth-order valence-corrected chi connectivity index (χ4v) is 2.10. The molecule has 0 radical (unpaired) electrons. The van der Waals surface area contributed by atoms with Gasteiger partial charge in [0, 0.05) is 13.0 Å². The van der Waals surface area contributed by atoms with Crippen LogP contribution in [0.2, 0.25) is 0 Å². The van der Waals surface area contributed by atoms with E-state index in [1.165, 1.54) is 6.07 Å². The van der Waals surface area contributed by atoms with Crippen molar-refractivity contribution in [3.05, 3.63) is 23.3 Å². The van der Waals surface area contributed by atoms with E-state index < -0.39 is 5.92 Å². The van der Waals surface area contributed by atoms with Gasteiger partial charge in [0.1, 0.15) is 11.5 Å². The van der Waals surface area contributed by atoms with Gasteiger partial charge < -0.3 is 15.2 Å². The van der Waals surface area contributed by atoms with Crippen LogP contribution in [0.4, 0.5) is 8.78 Å². The molecule has 0 aliphatic carbocycles. The van der Waals surface area contributed by atoms with E-state index in [0.717, 1.165) is 18.9 Å². The van der Waals surface area contributed by atoms with Crippen LogP contribution >= 0.6 is 0 Å². The maximum Gasteiger partial charge on any atom is 0.274 e. The molecule has 1 atom stereocenters. The van der Waals surface area contributed by atoms with Gasteiger partial charge in [0.2, 0.25) is 0 Å². The Morgan fingerprint density at radius 1 is 1.10 bits per heavy atom. The summed E-state index contributed by atoms with van der Waals surface area (Å²) in [4.78, 5) is 0. The molecule has 1 unspecified atom stereocenters. The summed E-state index contributed by atoms with van der Waals surface area (Å²) in [6, 6.07) is 2.98. The van der Waals surface area contributed by atoms with Crippen LogP contribution in [-0.4, -0.2) is 19.3 Å². The van der Waals surface area contributed by atoms with E-state index in [9.17, 15) is 8.78 Å². The lowest BCUT2D eigenvalue weighted by Gasteiger charge is -2.21. The van der Waals surface area contributed by atoms with Gasteiger partial charge in [-0.3, -0.25) is 0 Å². The first-order valence-corrected chi connectivity index (χ1v) is 7.39. The zero-order chi connectivity index (χ0) is 16.0. The first-order valence-electron chi connectivity index (χ1n) is 7.39. The van der Waals surface area contributed by atoms with Gasteiger partial charge in [-0.25, -0.2) is 8.78 Å². The van der Waals surface area contributed by atoms with E-state index in [-0.39, 0.29) is 17.4 Å². The molecule has 5 heteroatoms. The largest absolute Gasteiger partial charge is 0.494 e. The molecule has 0 aromatic heterocycles. The molecule has 0 amide bonds. The van der Waals surface area contributed by atoms with Gasteiger partial charge in [0.05, 0.1) is 18.8 Å². The summed E-state index contributed by atoms with van der Waals surface area (Å²) < 4.78 is 38.4. The standard InChI is InChI=1S/C16H25F2NO2/c1-5-12(19)8-11-9-15(21-7-3)13(16(4,17)18)10-14(11)20-6-2/h9-10,12H,5-8,19H2,1-4H3. The molecule has 21 heavy (non-hydrogen) atoms. The topological polar surface area (TPSA) is 44.5 Å². The van der Waals surface area contributed by atoms with Gasteiger partial charge in [-0.2, -0.15) is 0 Å². The van der Waals surface area contributed by atoms with E-state index in [1.807, 2.05) is 13.8 Å². The molecule has 0 aliphatic heterocycles. The summed E-state index contributed by atoms with van der Waals surface area (Å²) in [7, 11) is 0. The summed E-state index contributed by atoms with van der Waals surface area (Å²) in [6.45, 7) is 7.18. The van der Waals surface area contributed by atoms with Gasteiger partial charge in [-0.1, -0.05) is 6.92 Å². The second-order valence-electron chi connectivity index (χ2n) is 5.08. The van der Waals surface area contributed by atoms with Crippen molar-refractivity contribution in [2.45, 2.75) is 52.5 Å². The molecule has 0 saturated carbocycles. The van der Waals surface area contributed by atoms with Crippen LogP contribution in [0.25, 0.3) is 0 Å². The molecular weight excluding hydrogens is 276 g/mol. The lowest BCUT2D eigenvalue weighted by molar-refractivity contribution is 0.0143. The zero-order valence-corrected chi connectivity index (χ0v) is 13.2. The molecule has 3 nitrogen and oxygen atoms in total. The molecule has 1 aromatic rings. The molecular formula is C16H25F2NO2. The van der Waals surface area contributed by atoms with Crippen molar-refractivity contribution in [3.63, 3.8) is 0 Å². The van der Waals surface area contributed by atoms with Crippen LogP contribution in [0.1, 0.15) is 45.2 Å². The summed E-state index contributed by atoms with van der Waals surface area (Å²) in [5.41, 5.74) is 6.63. The third kappa shape index (κ3) is 4.84. The fraction of sp³-hybridized carbons (Fsp3) is 0.625.